The van der Waals surface area contributed by atoms with Gasteiger partial charge in [0.15, 0.2) is 0 Å². The quantitative estimate of drug-likeness (QED) is 0.440. The molecule has 0 bridgehead atoms. The number of rotatable bonds is 5. The van der Waals surface area contributed by atoms with Crippen LogP contribution < -0.4 is 0 Å². The number of halogens is 8. The molecule has 0 spiro atoms. The first kappa shape index (κ1) is 26.2. The molecule has 1 aromatic carbocycles. The minimum Gasteiger partial charge on any atom is -0.341 e. The van der Waals surface area contributed by atoms with Crippen LogP contribution >= 0.6 is 0 Å². The number of likely N-dealkylation sites (tertiary alicyclic amines) is 2. The maximum absolute atomic E-state index is 15.4. The van der Waals surface area contributed by atoms with E-state index in [1.165, 1.54) is 6.07 Å². The Morgan fingerprint density at radius 3 is 2.09 bits per heavy atom. The van der Waals surface area contributed by atoms with Gasteiger partial charge in [-0.25, -0.2) is 8.78 Å². The predicted octanol–water partition coefficient (Wildman–Crippen LogP) is 6.19. The predicted molar refractivity (Wildman–Crippen MR) is 112 cm³/mol. The lowest BCUT2D eigenvalue weighted by Crippen LogP contribution is -2.43. The van der Waals surface area contributed by atoms with Gasteiger partial charge >= 0.3 is 12.4 Å². The monoisotopic (exact) mass is 512 g/mol. The molecule has 35 heavy (non-hydrogen) atoms. The SMILES string of the molecule is CCN1CCC(c2ccc(C(F)(F)C3CCN(C(=O)C4(C(F)(F)F)CC4)C3)c(C(F)(F)F)c2)CC1. The lowest BCUT2D eigenvalue weighted by Gasteiger charge is -2.32. The zero-order valence-electron chi connectivity index (χ0n) is 19.3. The molecule has 0 radical (unpaired) electrons. The number of hydrogen-bond acceptors (Lipinski definition) is 2. The van der Waals surface area contributed by atoms with Crippen LogP contribution in [0.2, 0.25) is 0 Å². The van der Waals surface area contributed by atoms with Crippen molar-refractivity contribution in [3.05, 3.63) is 34.9 Å². The molecule has 4 rings (SSSR count). The highest BCUT2D eigenvalue weighted by molar-refractivity contribution is 5.86. The summed E-state index contributed by atoms with van der Waals surface area (Å²) in [4.78, 5) is 15.4. The van der Waals surface area contributed by atoms with Gasteiger partial charge in [0.1, 0.15) is 5.41 Å². The van der Waals surface area contributed by atoms with Crippen molar-refractivity contribution in [2.24, 2.45) is 11.3 Å². The summed E-state index contributed by atoms with van der Waals surface area (Å²) in [5, 5.41) is 0. The van der Waals surface area contributed by atoms with Gasteiger partial charge in [0.05, 0.1) is 5.56 Å². The van der Waals surface area contributed by atoms with Crippen LogP contribution in [0, 0.1) is 11.3 Å². The Morgan fingerprint density at radius 1 is 0.943 bits per heavy atom. The number of amides is 1. The van der Waals surface area contributed by atoms with Crippen LogP contribution in [0.25, 0.3) is 0 Å². The lowest BCUT2D eigenvalue weighted by molar-refractivity contribution is -0.198. The molecule has 1 aliphatic carbocycles. The number of carbonyl (C=O) groups excluding carboxylic acids is 1. The summed E-state index contributed by atoms with van der Waals surface area (Å²) >= 11 is 0. The molecule has 1 atom stereocenters. The first-order valence-electron chi connectivity index (χ1n) is 11.9. The van der Waals surface area contributed by atoms with Crippen molar-refractivity contribution >= 4 is 5.91 Å². The zero-order valence-corrected chi connectivity index (χ0v) is 19.3. The smallest absolute Gasteiger partial charge is 0.341 e. The van der Waals surface area contributed by atoms with Crippen molar-refractivity contribution in [1.82, 2.24) is 9.80 Å². The number of nitrogens with zero attached hydrogens (tertiary/aromatic N) is 2. The van der Waals surface area contributed by atoms with Crippen molar-refractivity contribution in [3.8, 4) is 0 Å². The van der Waals surface area contributed by atoms with E-state index in [4.69, 9.17) is 0 Å². The van der Waals surface area contributed by atoms with Crippen LogP contribution in [0.3, 0.4) is 0 Å². The van der Waals surface area contributed by atoms with Crippen molar-refractivity contribution < 1.29 is 39.9 Å². The van der Waals surface area contributed by atoms with Crippen molar-refractivity contribution in [2.45, 2.75) is 63.2 Å². The van der Waals surface area contributed by atoms with Crippen molar-refractivity contribution in [3.63, 3.8) is 0 Å². The first-order valence-corrected chi connectivity index (χ1v) is 11.9. The number of alkyl halides is 8. The maximum Gasteiger partial charge on any atom is 0.416 e. The Kier molecular flexibility index (Phi) is 6.64. The summed E-state index contributed by atoms with van der Waals surface area (Å²) in [6, 6.07) is 2.93. The van der Waals surface area contributed by atoms with E-state index in [1.807, 2.05) is 6.92 Å². The summed E-state index contributed by atoms with van der Waals surface area (Å²) in [6.45, 7) is 3.20. The Morgan fingerprint density at radius 2 is 1.57 bits per heavy atom. The Labute approximate surface area is 198 Å². The zero-order chi connectivity index (χ0) is 25.8. The average molecular weight is 512 g/mol. The first-order chi connectivity index (χ1) is 16.2. The second-order valence-electron chi connectivity index (χ2n) is 9.95. The molecule has 1 amide bonds. The van der Waals surface area contributed by atoms with Gasteiger partial charge in [0.2, 0.25) is 5.91 Å². The largest absolute Gasteiger partial charge is 0.416 e. The third-order valence-corrected chi connectivity index (χ3v) is 7.90. The lowest BCUT2D eigenvalue weighted by atomic mass is 9.84. The summed E-state index contributed by atoms with van der Waals surface area (Å²) in [6.07, 6.45) is -9.73. The number of piperidine rings is 1. The second-order valence-corrected chi connectivity index (χ2v) is 9.95. The van der Waals surface area contributed by atoms with Crippen molar-refractivity contribution in [1.29, 1.82) is 0 Å². The van der Waals surface area contributed by atoms with Crippen LogP contribution in [0.15, 0.2) is 18.2 Å². The molecular formula is C24H28F8N2O. The van der Waals surface area contributed by atoms with E-state index < -0.39 is 66.0 Å². The molecule has 3 fully saturated rings. The van der Waals surface area contributed by atoms with Crippen LogP contribution in [-0.4, -0.2) is 54.6 Å². The fourth-order valence-corrected chi connectivity index (χ4v) is 5.43. The van der Waals surface area contributed by atoms with Crippen molar-refractivity contribution in [2.75, 3.05) is 32.7 Å². The van der Waals surface area contributed by atoms with Gasteiger partial charge in [-0.15, -0.1) is 0 Å². The fourth-order valence-electron chi connectivity index (χ4n) is 5.43. The second kappa shape index (κ2) is 8.88. The average Bonchev–Trinajstić information content (AvgIpc) is 3.48. The van der Waals surface area contributed by atoms with E-state index >= 15 is 8.78 Å². The molecule has 1 unspecified atom stereocenters. The van der Waals surface area contributed by atoms with Crippen LogP contribution in [0.1, 0.15) is 61.6 Å². The third-order valence-electron chi connectivity index (χ3n) is 7.90. The van der Waals surface area contributed by atoms with Crippen LogP contribution in [0.5, 0.6) is 0 Å². The Balaban J connectivity index is 1.56. The molecule has 1 aromatic rings. The molecule has 2 heterocycles. The molecule has 2 saturated heterocycles. The minimum absolute atomic E-state index is 0.168. The molecule has 1 saturated carbocycles. The molecule has 11 heteroatoms. The summed E-state index contributed by atoms with van der Waals surface area (Å²) in [5.41, 5.74) is -4.78. The van der Waals surface area contributed by atoms with Gasteiger partial charge in [-0.3, -0.25) is 4.79 Å². The maximum atomic E-state index is 15.4. The van der Waals surface area contributed by atoms with E-state index in [9.17, 15) is 31.1 Å². The van der Waals surface area contributed by atoms with Crippen LogP contribution in [0.4, 0.5) is 35.1 Å². The minimum atomic E-state index is -5.03. The number of hydrogen-bond donors (Lipinski definition) is 0. The van der Waals surface area contributed by atoms with Gasteiger partial charge in [-0.1, -0.05) is 19.1 Å². The summed E-state index contributed by atoms with van der Waals surface area (Å²) in [7, 11) is 0. The molecular weight excluding hydrogens is 484 g/mol. The van der Waals surface area contributed by atoms with E-state index in [1.54, 1.807) is 0 Å². The van der Waals surface area contributed by atoms with E-state index in [-0.39, 0.29) is 18.9 Å². The van der Waals surface area contributed by atoms with Gasteiger partial charge in [0, 0.05) is 24.6 Å². The molecule has 196 valence electrons. The molecule has 3 aliphatic rings. The van der Waals surface area contributed by atoms with E-state index in [2.05, 4.69) is 4.90 Å². The highest BCUT2D eigenvalue weighted by Gasteiger charge is 2.70. The number of carbonyl (C=O) groups is 1. The topological polar surface area (TPSA) is 23.6 Å². The highest BCUT2D eigenvalue weighted by atomic mass is 19.4. The molecule has 2 aliphatic heterocycles. The van der Waals surface area contributed by atoms with Gasteiger partial charge < -0.3 is 9.80 Å². The standard InChI is InChI=1S/C24H28F8N2O/c1-2-33-10-5-15(6-11-33)16-3-4-18(19(13-16)23(27,28)29)22(25,26)17-7-12-34(14-17)20(35)21(8-9-21)24(30,31)32/h3-4,13,15,17H,2,5-12,14H2,1H3. The number of benzene rings is 1. The van der Waals surface area contributed by atoms with Gasteiger partial charge in [-0.2, -0.15) is 26.3 Å². The normalized spacial score (nSPS) is 24.1. The molecule has 0 aromatic heterocycles. The summed E-state index contributed by atoms with van der Waals surface area (Å²) < 4.78 is 112. The highest BCUT2D eigenvalue weighted by Crippen LogP contribution is 2.59. The van der Waals surface area contributed by atoms with Crippen LogP contribution in [-0.2, 0) is 16.9 Å². The molecule has 0 N–H and O–H groups in total. The Bertz CT molecular complexity index is 946. The third kappa shape index (κ3) is 4.76. The summed E-state index contributed by atoms with van der Waals surface area (Å²) in [5.74, 6) is -7.08. The van der Waals surface area contributed by atoms with E-state index in [0.29, 0.717) is 31.5 Å². The molecule has 3 nitrogen and oxygen atoms in total. The van der Waals surface area contributed by atoms with Gasteiger partial charge in [-0.05, 0) is 69.3 Å². The Hall–Kier alpha value is -1.91. The van der Waals surface area contributed by atoms with E-state index in [0.717, 1.165) is 23.6 Å². The van der Waals surface area contributed by atoms with Gasteiger partial charge in [0.25, 0.3) is 5.92 Å². The fraction of sp³-hybridized carbons (Fsp3) is 0.708.